The van der Waals surface area contributed by atoms with E-state index in [1.807, 2.05) is 10.8 Å². The second-order valence-electron chi connectivity index (χ2n) is 6.70. The molecule has 4 rings (SSSR count). The number of nitrogens with one attached hydrogen (secondary N) is 3. The number of halogens is 1. The summed E-state index contributed by atoms with van der Waals surface area (Å²) in [6, 6.07) is 13.9. The number of amides is 2. The maximum atomic E-state index is 12.8. The zero-order valence-corrected chi connectivity index (χ0v) is 18.5. The Morgan fingerprint density at radius 1 is 1.06 bits per heavy atom. The van der Waals surface area contributed by atoms with Gasteiger partial charge in [-0.25, -0.2) is 17.9 Å². The number of aromatic nitrogens is 1. The highest BCUT2D eigenvalue weighted by Crippen LogP contribution is 2.29. The molecule has 2 aromatic heterocycles. The molecular weight excluding hydrogens is 458 g/mol. The van der Waals surface area contributed by atoms with Crippen molar-refractivity contribution >= 4 is 55.6 Å². The minimum absolute atomic E-state index is 0.0454. The first kappa shape index (κ1) is 21.1. The molecule has 0 spiro atoms. The summed E-state index contributed by atoms with van der Waals surface area (Å²) in [6.07, 6.45) is 1.58. The van der Waals surface area contributed by atoms with Gasteiger partial charge in [0.2, 0.25) is 0 Å². The first-order chi connectivity index (χ1) is 14.7. The molecule has 31 heavy (non-hydrogen) atoms. The minimum Gasteiger partial charge on any atom is -0.360 e. The van der Waals surface area contributed by atoms with Crippen LogP contribution in [0.15, 0.2) is 69.8 Å². The minimum atomic E-state index is -3.97. The number of fused-ring (bicyclic) bond motifs is 1. The monoisotopic (exact) mass is 473 g/mol. The summed E-state index contributed by atoms with van der Waals surface area (Å²) in [5.74, 6) is 0. The fourth-order valence-corrected chi connectivity index (χ4v) is 5.54. The molecule has 3 N–H and O–H groups in total. The Morgan fingerprint density at radius 3 is 2.55 bits per heavy atom. The maximum Gasteiger partial charge on any atom is 0.333 e. The number of carbonyl (C=O) groups excluding carboxylic acids is 1. The Bertz CT molecular complexity index is 1480. The molecule has 0 atom stereocenters. The number of thiophene rings is 1. The molecule has 2 amide bonds. The van der Waals surface area contributed by atoms with Gasteiger partial charge in [0.05, 0.1) is 5.02 Å². The van der Waals surface area contributed by atoms with E-state index in [-0.39, 0.29) is 20.3 Å². The van der Waals surface area contributed by atoms with Crippen molar-refractivity contribution in [2.24, 2.45) is 0 Å². The lowest BCUT2D eigenvalue weighted by Gasteiger charge is -2.10. The smallest absolute Gasteiger partial charge is 0.333 e. The Hall–Kier alpha value is -3.14. The van der Waals surface area contributed by atoms with E-state index in [0.717, 1.165) is 16.2 Å². The summed E-state index contributed by atoms with van der Waals surface area (Å²) in [6.45, 7) is 1.77. The fraction of sp³-hybridized carbons (Fsp3) is 0.0476. The number of para-hydroxylation sites is 1. The van der Waals surface area contributed by atoms with Crippen molar-refractivity contribution in [1.82, 2.24) is 9.71 Å². The summed E-state index contributed by atoms with van der Waals surface area (Å²) >= 11 is 7.42. The van der Waals surface area contributed by atoms with E-state index >= 15 is 0 Å². The van der Waals surface area contributed by atoms with Crippen molar-refractivity contribution in [1.29, 1.82) is 0 Å². The van der Waals surface area contributed by atoms with Gasteiger partial charge in [-0.3, -0.25) is 4.79 Å². The largest absolute Gasteiger partial charge is 0.360 e. The molecule has 0 saturated heterocycles. The van der Waals surface area contributed by atoms with Gasteiger partial charge in [0.15, 0.2) is 5.43 Å². The molecule has 0 aliphatic heterocycles. The predicted molar refractivity (Wildman–Crippen MR) is 123 cm³/mol. The predicted octanol–water partition coefficient (Wildman–Crippen LogP) is 4.73. The van der Waals surface area contributed by atoms with Crippen molar-refractivity contribution in [3.8, 4) is 11.1 Å². The van der Waals surface area contributed by atoms with E-state index in [0.29, 0.717) is 22.0 Å². The van der Waals surface area contributed by atoms with Gasteiger partial charge in [0, 0.05) is 38.8 Å². The number of rotatable bonds is 4. The van der Waals surface area contributed by atoms with Crippen LogP contribution in [0.1, 0.15) is 4.88 Å². The van der Waals surface area contributed by atoms with Gasteiger partial charge in [-0.15, -0.1) is 11.3 Å². The highest BCUT2D eigenvalue weighted by atomic mass is 35.5. The van der Waals surface area contributed by atoms with Crippen LogP contribution in [0.4, 0.5) is 10.5 Å². The van der Waals surface area contributed by atoms with Crippen LogP contribution in [0, 0.1) is 6.92 Å². The zero-order valence-electron chi connectivity index (χ0n) is 16.1. The van der Waals surface area contributed by atoms with E-state index in [1.54, 1.807) is 43.5 Å². The second kappa shape index (κ2) is 8.18. The quantitative estimate of drug-likeness (QED) is 0.398. The average Bonchev–Trinajstić information content (AvgIpc) is 3.16. The first-order valence-electron chi connectivity index (χ1n) is 9.05. The summed E-state index contributed by atoms with van der Waals surface area (Å²) in [5, 5.41) is 3.21. The molecule has 0 bridgehead atoms. The Balaban J connectivity index is 1.56. The molecule has 0 unspecified atom stereocenters. The van der Waals surface area contributed by atoms with Crippen molar-refractivity contribution < 1.29 is 13.2 Å². The lowest BCUT2D eigenvalue weighted by molar-refractivity contribution is 0.256. The van der Waals surface area contributed by atoms with E-state index < -0.39 is 16.1 Å². The normalized spacial score (nSPS) is 11.4. The van der Waals surface area contributed by atoms with Crippen LogP contribution >= 0.6 is 22.9 Å². The second-order valence-corrected chi connectivity index (χ2v) is 10.3. The van der Waals surface area contributed by atoms with Gasteiger partial charge < -0.3 is 10.3 Å². The van der Waals surface area contributed by atoms with Gasteiger partial charge in [-0.1, -0.05) is 29.8 Å². The molecule has 7 nitrogen and oxygen atoms in total. The number of sulfonamides is 1. The molecule has 2 aromatic carbocycles. The standard InChI is InChI=1S/C21H16ClN3O4S2/c1-12-6-9-19(30-12)31(28,29)25-21(27)24-13-7-8-14(17(22)10-13)16-11-23-18-5-3-2-4-15(18)20(16)26/h2-11H,1H3,(H,23,26)(H2,24,25,27). The van der Waals surface area contributed by atoms with Crippen LogP contribution < -0.4 is 15.5 Å². The summed E-state index contributed by atoms with van der Waals surface area (Å²) in [7, 11) is -3.97. The number of H-pyrrole nitrogens is 1. The lowest BCUT2D eigenvalue weighted by atomic mass is 10.0. The maximum absolute atomic E-state index is 12.8. The van der Waals surface area contributed by atoms with Crippen LogP contribution in [0.3, 0.4) is 0 Å². The highest BCUT2D eigenvalue weighted by molar-refractivity contribution is 7.92. The van der Waals surface area contributed by atoms with Gasteiger partial charge in [-0.05, 0) is 43.3 Å². The van der Waals surface area contributed by atoms with Gasteiger partial charge in [0.1, 0.15) is 4.21 Å². The molecule has 0 aliphatic carbocycles. The van der Waals surface area contributed by atoms with Crippen molar-refractivity contribution in [2.75, 3.05) is 5.32 Å². The fourth-order valence-electron chi connectivity index (χ4n) is 3.06. The number of urea groups is 1. The topological polar surface area (TPSA) is 108 Å². The number of anilines is 1. The summed E-state index contributed by atoms with van der Waals surface area (Å²) in [4.78, 5) is 28.9. The van der Waals surface area contributed by atoms with E-state index in [9.17, 15) is 18.0 Å². The van der Waals surface area contributed by atoms with Crippen molar-refractivity contribution in [2.45, 2.75) is 11.1 Å². The highest BCUT2D eigenvalue weighted by Gasteiger charge is 2.20. The Labute approximate surface area is 186 Å². The average molecular weight is 474 g/mol. The first-order valence-corrected chi connectivity index (χ1v) is 11.7. The van der Waals surface area contributed by atoms with E-state index in [1.165, 1.54) is 18.2 Å². The molecular formula is C21H16ClN3O4S2. The Kier molecular flexibility index (Phi) is 5.57. The van der Waals surface area contributed by atoms with Crippen LogP contribution in [-0.2, 0) is 10.0 Å². The van der Waals surface area contributed by atoms with Gasteiger partial charge in [-0.2, -0.15) is 0 Å². The summed E-state index contributed by atoms with van der Waals surface area (Å²) < 4.78 is 26.6. The number of hydrogen-bond donors (Lipinski definition) is 3. The number of pyridine rings is 1. The summed E-state index contributed by atoms with van der Waals surface area (Å²) in [5.41, 5.74) is 1.69. The molecule has 158 valence electrons. The number of benzene rings is 2. The third-order valence-corrected chi connectivity index (χ3v) is 7.65. The van der Waals surface area contributed by atoms with Crippen LogP contribution in [0.25, 0.3) is 22.0 Å². The molecule has 2 heterocycles. The van der Waals surface area contributed by atoms with Crippen LogP contribution in [-0.4, -0.2) is 19.4 Å². The Morgan fingerprint density at radius 2 is 1.84 bits per heavy atom. The molecule has 0 saturated carbocycles. The van der Waals surface area contributed by atoms with Gasteiger partial charge in [0.25, 0.3) is 10.0 Å². The van der Waals surface area contributed by atoms with Crippen LogP contribution in [0.5, 0.6) is 0 Å². The molecule has 0 fully saturated rings. The third-order valence-electron chi connectivity index (χ3n) is 4.51. The van der Waals surface area contributed by atoms with Gasteiger partial charge >= 0.3 is 6.03 Å². The molecule has 10 heteroatoms. The molecule has 4 aromatic rings. The van der Waals surface area contributed by atoms with Crippen molar-refractivity contribution in [3.05, 3.63) is 80.9 Å². The van der Waals surface area contributed by atoms with Crippen LogP contribution in [0.2, 0.25) is 5.02 Å². The van der Waals surface area contributed by atoms with E-state index in [4.69, 9.17) is 11.6 Å². The molecule has 0 radical (unpaired) electrons. The third kappa shape index (κ3) is 4.34. The lowest BCUT2D eigenvalue weighted by Crippen LogP contribution is -2.33. The van der Waals surface area contributed by atoms with Crippen molar-refractivity contribution in [3.63, 3.8) is 0 Å². The zero-order chi connectivity index (χ0) is 22.2. The number of carbonyl (C=O) groups is 1. The number of hydrogen-bond acceptors (Lipinski definition) is 5. The number of aryl methyl sites for hydroxylation is 1. The van der Waals surface area contributed by atoms with E-state index in [2.05, 4.69) is 10.3 Å². The SMILES string of the molecule is Cc1ccc(S(=O)(=O)NC(=O)Nc2ccc(-c3c[nH]c4ccccc4c3=O)c(Cl)c2)s1. The number of aromatic amines is 1. The molecule has 0 aliphatic rings.